The molecule has 0 saturated carbocycles. The maximum atomic E-state index is 5.72. The summed E-state index contributed by atoms with van der Waals surface area (Å²) in [6, 6.07) is 8.50. The molecule has 0 bridgehead atoms. The maximum Gasteiger partial charge on any atom is 0.191 e. The van der Waals surface area contributed by atoms with Crippen molar-refractivity contribution in [1.29, 1.82) is 0 Å². The fourth-order valence-corrected chi connectivity index (χ4v) is 3.84. The number of thiophene rings is 1. The summed E-state index contributed by atoms with van der Waals surface area (Å²) < 4.78 is 5.72. The normalized spacial score (nSPS) is 16.7. The molecule has 1 saturated heterocycles. The Labute approximate surface area is 177 Å². The minimum atomic E-state index is 0. The number of nitrogens with zero attached hydrogens (tertiary/aromatic N) is 2. The molecule has 144 valence electrons. The van der Waals surface area contributed by atoms with E-state index in [2.05, 4.69) is 46.0 Å². The largest absolute Gasteiger partial charge is 0.468 e. The lowest BCUT2D eigenvalue weighted by Gasteiger charge is -2.33. The van der Waals surface area contributed by atoms with Gasteiger partial charge in [0, 0.05) is 18.0 Å². The van der Waals surface area contributed by atoms with E-state index < -0.39 is 0 Å². The highest BCUT2D eigenvalue weighted by atomic mass is 127. The van der Waals surface area contributed by atoms with Crippen molar-refractivity contribution in [2.45, 2.75) is 38.8 Å². The van der Waals surface area contributed by atoms with E-state index in [4.69, 9.17) is 9.41 Å². The molecule has 0 spiro atoms. The van der Waals surface area contributed by atoms with Crippen LogP contribution in [0.1, 0.15) is 42.9 Å². The van der Waals surface area contributed by atoms with Gasteiger partial charge in [-0.1, -0.05) is 12.5 Å². The first-order valence-corrected chi connectivity index (χ1v) is 10.1. The van der Waals surface area contributed by atoms with Crippen LogP contribution in [-0.2, 0) is 6.54 Å². The van der Waals surface area contributed by atoms with Crippen molar-refractivity contribution in [3.63, 3.8) is 0 Å². The molecule has 26 heavy (non-hydrogen) atoms. The third-order valence-corrected chi connectivity index (χ3v) is 5.34. The van der Waals surface area contributed by atoms with Gasteiger partial charge < -0.3 is 15.1 Å². The molecule has 5 nitrogen and oxygen atoms in total. The van der Waals surface area contributed by atoms with E-state index in [1.54, 1.807) is 17.6 Å². The number of halogens is 1. The van der Waals surface area contributed by atoms with Gasteiger partial charge in [0.25, 0.3) is 0 Å². The van der Waals surface area contributed by atoms with E-state index >= 15 is 0 Å². The first-order chi connectivity index (χ1) is 12.4. The summed E-state index contributed by atoms with van der Waals surface area (Å²) >= 11 is 1.74. The van der Waals surface area contributed by atoms with Crippen LogP contribution in [0, 0.1) is 0 Å². The van der Waals surface area contributed by atoms with Gasteiger partial charge >= 0.3 is 0 Å². The third kappa shape index (κ3) is 6.28. The number of hydrogen-bond donors (Lipinski definition) is 2. The van der Waals surface area contributed by atoms with Crippen LogP contribution in [0.25, 0.3) is 0 Å². The van der Waals surface area contributed by atoms with Gasteiger partial charge in [-0.05, 0) is 56.4 Å². The number of likely N-dealkylation sites (tertiary alicyclic amines) is 1. The average Bonchev–Trinajstić information content (AvgIpc) is 3.35. The molecule has 0 radical (unpaired) electrons. The number of aliphatic imine (C=N–C) groups is 1. The third-order valence-electron chi connectivity index (χ3n) is 4.48. The molecule has 3 rings (SSSR count). The van der Waals surface area contributed by atoms with E-state index in [0.29, 0.717) is 6.54 Å². The van der Waals surface area contributed by atoms with Gasteiger partial charge in [0.05, 0.1) is 18.8 Å². The number of rotatable bonds is 7. The van der Waals surface area contributed by atoms with Crippen LogP contribution >= 0.6 is 35.3 Å². The molecule has 0 amide bonds. The van der Waals surface area contributed by atoms with Crippen LogP contribution in [0.5, 0.6) is 0 Å². The quantitative estimate of drug-likeness (QED) is 0.348. The highest BCUT2D eigenvalue weighted by Crippen LogP contribution is 2.24. The van der Waals surface area contributed by atoms with E-state index in [0.717, 1.165) is 37.9 Å². The summed E-state index contributed by atoms with van der Waals surface area (Å²) in [6.07, 6.45) is 5.63. The zero-order chi connectivity index (χ0) is 17.3. The fraction of sp³-hybridized carbons (Fsp3) is 0.526. The molecule has 2 N–H and O–H groups in total. The minimum absolute atomic E-state index is 0. The monoisotopic (exact) mass is 488 g/mol. The van der Waals surface area contributed by atoms with Crippen LogP contribution in [0.3, 0.4) is 0 Å². The van der Waals surface area contributed by atoms with Crippen LogP contribution < -0.4 is 10.6 Å². The lowest BCUT2D eigenvalue weighted by Crippen LogP contribution is -2.44. The zero-order valence-electron chi connectivity index (χ0n) is 15.3. The molecule has 3 heterocycles. The predicted molar refractivity (Wildman–Crippen MR) is 119 cm³/mol. The van der Waals surface area contributed by atoms with Crippen molar-refractivity contribution < 1.29 is 4.42 Å². The topological polar surface area (TPSA) is 52.8 Å². The second-order valence-corrected chi connectivity index (χ2v) is 7.32. The van der Waals surface area contributed by atoms with Gasteiger partial charge in [0.2, 0.25) is 0 Å². The van der Waals surface area contributed by atoms with E-state index in [1.165, 1.54) is 24.1 Å². The van der Waals surface area contributed by atoms with Crippen molar-refractivity contribution in [3.05, 3.63) is 46.5 Å². The summed E-state index contributed by atoms with van der Waals surface area (Å²) in [7, 11) is 0. The summed E-state index contributed by atoms with van der Waals surface area (Å²) in [4.78, 5) is 8.51. The smallest absolute Gasteiger partial charge is 0.191 e. The summed E-state index contributed by atoms with van der Waals surface area (Å²) in [5, 5.41) is 8.95. The van der Waals surface area contributed by atoms with E-state index in [1.807, 2.05) is 6.07 Å². The molecule has 0 aromatic carbocycles. The lowest BCUT2D eigenvalue weighted by molar-refractivity contribution is 0.146. The molecule has 0 aliphatic carbocycles. The Balaban J connectivity index is 0.00000243. The van der Waals surface area contributed by atoms with Gasteiger partial charge in [0.1, 0.15) is 5.76 Å². The Morgan fingerprint density at radius 3 is 2.73 bits per heavy atom. The van der Waals surface area contributed by atoms with Crippen LogP contribution in [-0.4, -0.2) is 37.0 Å². The first kappa shape index (κ1) is 21.2. The molecule has 1 unspecified atom stereocenters. The van der Waals surface area contributed by atoms with Crippen LogP contribution in [0.2, 0.25) is 0 Å². The molecule has 7 heteroatoms. The van der Waals surface area contributed by atoms with Gasteiger partial charge in [-0.15, -0.1) is 35.3 Å². The fourth-order valence-electron chi connectivity index (χ4n) is 3.22. The number of piperidine rings is 1. The summed E-state index contributed by atoms with van der Waals surface area (Å²) in [6.45, 7) is 6.72. The molecule has 2 aromatic heterocycles. The van der Waals surface area contributed by atoms with Gasteiger partial charge in [0.15, 0.2) is 5.96 Å². The van der Waals surface area contributed by atoms with Crippen molar-refractivity contribution in [3.8, 4) is 0 Å². The highest BCUT2D eigenvalue weighted by Gasteiger charge is 2.24. The second kappa shape index (κ2) is 11.6. The maximum absolute atomic E-state index is 5.72. The van der Waals surface area contributed by atoms with Crippen LogP contribution in [0.4, 0.5) is 0 Å². The van der Waals surface area contributed by atoms with Crippen LogP contribution in [0.15, 0.2) is 45.3 Å². The molecule has 2 aromatic rings. The minimum Gasteiger partial charge on any atom is -0.468 e. The highest BCUT2D eigenvalue weighted by molar-refractivity contribution is 14.0. The van der Waals surface area contributed by atoms with Gasteiger partial charge in [-0.2, -0.15) is 0 Å². The molecule has 1 aliphatic rings. The molecule has 1 fully saturated rings. The van der Waals surface area contributed by atoms with E-state index in [9.17, 15) is 0 Å². The Morgan fingerprint density at radius 1 is 1.23 bits per heavy atom. The molecular weight excluding hydrogens is 459 g/mol. The standard InChI is InChI=1S/C19H28N4OS.HI/c1-2-20-19(21-14-16-8-7-13-25-16)22-15-17(18-9-6-12-24-18)23-10-4-3-5-11-23;/h6-9,12-13,17H,2-5,10-11,14-15H2,1H3,(H2,20,21,22);1H. The Morgan fingerprint density at radius 2 is 2.08 bits per heavy atom. The number of hydrogen-bond acceptors (Lipinski definition) is 4. The Hall–Kier alpha value is -1.06. The number of guanidine groups is 1. The Bertz CT molecular complexity index is 624. The predicted octanol–water partition coefficient (Wildman–Crippen LogP) is 4.24. The van der Waals surface area contributed by atoms with E-state index in [-0.39, 0.29) is 30.0 Å². The first-order valence-electron chi connectivity index (χ1n) is 9.19. The number of furan rings is 1. The second-order valence-electron chi connectivity index (χ2n) is 6.28. The molecular formula is C19H29IN4OS. The van der Waals surface area contributed by atoms with Gasteiger partial charge in [-0.3, -0.25) is 4.90 Å². The van der Waals surface area contributed by atoms with Crippen molar-refractivity contribution in [1.82, 2.24) is 15.5 Å². The summed E-state index contributed by atoms with van der Waals surface area (Å²) in [5.74, 6) is 1.90. The number of nitrogens with one attached hydrogen (secondary N) is 2. The van der Waals surface area contributed by atoms with Crippen molar-refractivity contribution in [2.75, 3.05) is 26.2 Å². The Kier molecular flexibility index (Phi) is 9.49. The van der Waals surface area contributed by atoms with Gasteiger partial charge in [-0.25, -0.2) is 4.99 Å². The average molecular weight is 488 g/mol. The lowest BCUT2D eigenvalue weighted by atomic mass is 10.1. The van der Waals surface area contributed by atoms with Crippen molar-refractivity contribution >= 4 is 41.3 Å². The molecule has 1 atom stereocenters. The van der Waals surface area contributed by atoms with Crippen molar-refractivity contribution in [2.24, 2.45) is 4.99 Å². The summed E-state index contributed by atoms with van der Waals surface area (Å²) in [5.41, 5.74) is 0. The SMILES string of the molecule is CCNC(=NCc1cccs1)NCC(c1ccco1)N1CCCCC1.I. The zero-order valence-corrected chi connectivity index (χ0v) is 18.5. The molecule has 1 aliphatic heterocycles.